The number of carbonyl (C=O) groups excluding carboxylic acids is 1. The second-order valence-corrected chi connectivity index (χ2v) is 9.04. The molecular weight excluding hydrogens is 428 g/mol. The Hall–Kier alpha value is -1.41. The van der Waals surface area contributed by atoms with Gasteiger partial charge in [-0.1, -0.05) is 33.6 Å². The summed E-state index contributed by atoms with van der Waals surface area (Å²) in [5.74, 6) is -0.437. The topological polar surface area (TPSA) is 66.5 Å². The molecule has 0 aliphatic heterocycles. The molecule has 0 fully saturated rings. The smallest absolute Gasteiger partial charge is 0.255 e. The minimum atomic E-state index is -3.66. The van der Waals surface area contributed by atoms with Gasteiger partial charge in [-0.3, -0.25) is 4.79 Å². The molecule has 1 amide bonds. The lowest BCUT2D eigenvalue weighted by atomic mass is 10.2. The molecular formula is C17H18BrClN2O3S. The standard InChI is InChI=1S/C17H18BrClN2O3S/c1-11(2)21(3)25(23,24)14-6-4-5-12(9-14)17(22)20-16-8-7-13(18)10-15(16)19/h4-11H,1-3H3,(H,20,22). The summed E-state index contributed by atoms with van der Waals surface area (Å²) in [7, 11) is -2.15. The lowest BCUT2D eigenvalue weighted by molar-refractivity contribution is 0.102. The zero-order valence-corrected chi connectivity index (χ0v) is 17.1. The molecule has 1 N–H and O–H groups in total. The number of sulfonamides is 1. The van der Waals surface area contributed by atoms with Crippen molar-refractivity contribution >= 4 is 49.1 Å². The Kier molecular flexibility index (Phi) is 6.26. The first-order valence-corrected chi connectivity index (χ1v) is 10.1. The SMILES string of the molecule is CC(C)N(C)S(=O)(=O)c1cccc(C(=O)Nc2ccc(Br)cc2Cl)c1. The molecule has 0 saturated carbocycles. The van der Waals surface area contributed by atoms with Gasteiger partial charge in [-0.05, 0) is 50.2 Å². The van der Waals surface area contributed by atoms with E-state index in [0.29, 0.717) is 10.7 Å². The van der Waals surface area contributed by atoms with Crippen molar-refractivity contribution in [3.63, 3.8) is 0 Å². The number of halogens is 2. The van der Waals surface area contributed by atoms with Crippen LogP contribution in [0, 0.1) is 0 Å². The third-order valence-corrected chi connectivity index (χ3v) is 6.52. The van der Waals surface area contributed by atoms with Gasteiger partial charge in [-0.25, -0.2) is 8.42 Å². The Morgan fingerprint density at radius 2 is 1.88 bits per heavy atom. The predicted octanol–water partition coefficient (Wildman–Crippen LogP) is 4.38. The van der Waals surface area contributed by atoms with Crippen LogP contribution in [0.1, 0.15) is 24.2 Å². The fourth-order valence-electron chi connectivity index (χ4n) is 2.03. The van der Waals surface area contributed by atoms with Crippen molar-refractivity contribution in [1.29, 1.82) is 0 Å². The van der Waals surface area contributed by atoms with Gasteiger partial charge in [0.05, 0.1) is 15.6 Å². The number of anilines is 1. The van der Waals surface area contributed by atoms with Gasteiger partial charge in [-0.2, -0.15) is 4.31 Å². The minimum Gasteiger partial charge on any atom is -0.321 e. The summed E-state index contributed by atoms with van der Waals surface area (Å²) in [5.41, 5.74) is 0.680. The molecule has 2 aromatic rings. The highest BCUT2D eigenvalue weighted by molar-refractivity contribution is 9.10. The van der Waals surface area contributed by atoms with Crippen LogP contribution in [0.2, 0.25) is 5.02 Å². The maximum Gasteiger partial charge on any atom is 0.255 e. The molecule has 2 aromatic carbocycles. The Balaban J connectivity index is 2.30. The van der Waals surface area contributed by atoms with Gasteiger partial charge in [0, 0.05) is 23.1 Å². The van der Waals surface area contributed by atoms with Crippen molar-refractivity contribution in [2.75, 3.05) is 12.4 Å². The van der Waals surface area contributed by atoms with E-state index in [1.165, 1.54) is 23.5 Å². The molecule has 5 nitrogen and oxygen atoms in total. The van der Waals surface area contributed by atoms with Crippen LogP contribution in [0.15, 0.2) is 51.8 Å². The molecule has 0 atom stereocenters. The van der Waals surface area contributed by atoms with Gasteiger partial charge in [0.15, 0.2) is 0 Å². The number of nitrogens with zero attached hydrogens (tertiary/aromatic N) is 1. The van der Waals surface area contributed by atoms with Crippen LogP contribution in [0.5, 0.6) is 0 Å². The first kappa shape index (κ1) is 19.9. The Labute approximate surface area is 161 Å². The number of benzene rings is 2. The number of hydrogen-bond acceptors (Lipinski definition) is 3. The Bertz CT molecular complexity index is 901. The second kappa shape index (κ2) is 7.86. The van der Waals surface area contributed by atoms with E-state index in [-0.39, 0.29) is 16.5 Å². The highest BCUT2D eigenvalue weighted by Gasteiger charge is 2.24. The summed E-state index contributed by atoms with van der Waals surface area (Å²) in [5, 5.41) is 3.06. The number of carbonyl (C=O) groups is 1. The van der Waals surface area contributed by atoms with E-state index < -0.39 is 15.9 Å². The van der Waals surface area contributed by atoms with Crippen molar-refractivity contribution in [2.24, 2.45) is 0 Å². The zero-order valence-electron chi connectivity index (χ0n) is 14.0. The van der Waals surface area contributed by atoms with Crippen LogP contribution >= 0.6 is 27.5 Å². The summed E-state index contributed by atoms with van der Waals surface area (Å²) in [4.78, 5) is 12.5. The molecule has 0 bridgehead atoms. The van der Waals surface area contributed by atoms with Crippen LogP contribution in [-0.4, -0.2) is 31.7 Å². The van der Waals surface area contributed by atoms with Gasteiger partial charge >= 0.3 is 0 Å². The van der Waals surface area contributed by atoms with E-state index in [4.69, 9.17) is 11.6 Å². The summed E-state index contributed by atoms with van der Waals surface area (Å²) < 4.78 is 27.2. The number of rotatable bonds is 5. The molecule has 0 heterocycles. The first-order chi connectivity index (χ1) is 11.6. The van der Waals surface area contributed by atoms with Crippen LogP contribution in [0.25, 0.3) is 0 Å². The van der Waals surface area contributed by atoms with Crippen LogP contribution in [0.4, 0.5) is 5.69 Å². The molecule has 2 rings (SSSR count). The average Bonchev–Trinajstić information content (AvgIpc) is 2.56. The van der Waals surface area contributed by atoms with E-state index in [2.05, 4.69) is 21.2 Å². The molecule has 0 saturated heterocycles. The minimum absolute atomic E-state index is 0.0678. The van der Waals surface area contributed by atoms with Crippen LogP contribution in [0.3, 0.4) is 0 Å². The van der Waals surface area contributed by atoms with E-state index in [1.54, 1.807) is 44.2 Å². The zero-order chi connectivity index (χ0) is 18.8. The fourth-order valence-corrected chi connectivity index (χ4v) is 4.16. The predicted molar refractivity (Wildman–Crippen MR) is 104 cm³/mol. The van der Waals surface area contributed by atoms with E-state index in [9.17, 15) is 13.2 Å². The molecule has 0 aliphatic rings. The Morgan fingerprint density at radius 3 is 2.48 bits per heavy atom. The molecule has 134 valence electrons. The van der Waals surface area contributed by atoms with Crippen molar-refractivity contribution in [2.45, 2.75) is 24.8 Å². The van der Waals surface area contributed by atoms with Crippen molar-refractivity contribution in [1.82, 2.24) is 4.31 Å². The third kappa shape index (κ3) is 4.61. The lowest BCUT2D eigenvalue weighted by Gasteiger charge is -2.21. The van der Waals surface area contributed by atoms with Gasteiger partial charge < -0.3 is 5.32 Å². The van der Waals surface area contributed by atoms with E-state index in [0.717, 1.165) is 4.47 Å². The lowest BCUT2D eigenvalue weighted by Crippen LogP contribution is -2.33. The number of nitrogens with one attached hydrogen (secondary N) is 1. The molecule has 0 unspecified atom stereocenters. The summed E-state index contributed by atoms with van der Waals surface area (Å²) in [6.07, 6.45) is 0. The van der Waals surface area contributed by atoms with Gasteiger partial charge in [0.25, 0.3) is 5.91 Å². The molecule has 0 aliphatic carbocycles. The summed E-state index contributed by atoms with van der Waals surface area (Å²) in [6, 6.07) is 10.8. The molecule has 25 heavy (non-hydrogen) atoms. The van der Waals surface area contributed by atoms with Gasteiger partial charge in [0.2, 0.25) is 10.0 Å². The highest BCUT2D eigenvalue weighted by atomic mass is 79.9. The second-order valence-electron chi connectivity index (χ2n) is 5.72. The van der Waals surface area contributed by atoms with E-state index >= 15 is 0 Å². The largest absolute Gasteiger partial charge is 0.321 e. The monoisotopic (exact) mass is 444 g/mol. The van der Waals surface area contributed by atoms with E-state index in [1.807, 2.05) is 0 Å². The Morgan fingerprint density at radius 1 is 1.20 bits per heavy atom. The maximum atomic E-state index is 12.6. The molecule has 0 aromatic heterocycles. The highest BCUT2D eigenvalue weighted by Crippen LogP contribution is 2.26. The maximum absolute atomic E-state index is 12.6. The quantitative estimate of drug-likeness (QED) is 0.742. The molecule has 0 spiro atoms. The fraction of sp³-hybridized carbons (Fsp3) is 0.235. The normalized spacial score (nSPS) is 11.8. The van der Waals surface area contributed by atoms with Gasteiger partial charge in [-0.15, -0.1) is 0 Å². The summed E-state index contributed by atoms with van der Waals surface area (Å²) >= 11 is 9.39. The third-order valence-electron chi connectivity index (χ3n) is 3.68. The first-order valence-electron chi connectivity index (χ1n) is 7.47. The van der Waals surface area contributed by atoms with Crippen molar-refractivity contribution in [3.05, 3.63) is 57.5 Å². The van der Waals surface area contributed by atoms with Gasteiger partial charge in [0.1, 0.15) is 0 Å². The van der Waals surface area contributed by atoms with Crippen molar-refractivity contribution < 1.29 is 13.2 Å². The molecule has 8 heteroatoms. The average molecular weight is 446 g/mol. The van der Waals surface area contributed by atoms with Crippen LogP contribution < -0.4 is 5.32 Å². The molecule has 0 radical (unpaired) electrons. The van der Waals surface area contributed by atoms with Crippen LogP contribution in [-0.2, 0) is 10.0 Å². The number of amides is 1. The summed E-state index contributed by atoms with van der Waals surface area (Å²) in [6.45, 7) is 3.56. The number of hydrogen-bond donors (Lipinski definition) is 1. The van der Waals surface area contributed by atoms with Crippen molar-refractivity contribution in [3.8, 4) is 0 Å².